The van der Waals surface area contributed by atoms with Crippen LogP contribution in [0.4, 0.5) is 5.69 Å². The fourth-order valence-electron chi connectivity index (χ4n) is 4.75. The van der Waals surface area contributed by atoms with Crippen molar-refractivity contribution in [2.45, 2.75) is 13.0 Å². The largest absolute Gasteiger partial charge is 0.497 e. The smallest absolute Gasteiger partial charge is 0.255 e. The summed E-state index contributed by atoms with van der Waals surface area (Å²) < 4.78 is 27.5. The van der Waals surface area contributed by atoms with E-state index in [1.54, 1.807) is 41.3 Å². The Morgan fingerprint density at radius 1 is 0.872 bits per heavy atom. The molecule has 4 aromatic rings. The van der Waals surface area contributed by atoms with Crippen molar-refractivity contribution in [1.29, 1.82) is 0 Å². The molecule has 9 heteroatoms. The molecule has 3 heterocycles. The van der Waals surface area contributed by atoms with E-state index in [9.17, 15) is 9.59 Å². The minimum atomic E-state index is -0.291. The van der Waals surface area contributed by atoms with Crippen molar-refractivity contribution >= 4 is 17.5 Å². The van der Waals surface area contributed by atoms with Crippen LogP contribution in [-0.4, -0.2) is 44.3 Å². The molecule has 6 rings (SSSR count). The third-order valence-electron chi connectivity index (χ3n) is 6.79. The van der Waals surface area contributed by atoms with Crippen LogP contribution >= 0.6 is 0 Å². The topological polar surface area (TPSA) is 99.5 Å². The minimum Gasteiger partial charge on any atom is -0.497 e. The zero-order valence-electron chi connectivity index (χ0n) is 21.5. The highest BCUT2D eigenvalue weighted by Crippen LogP contribution is 2.35. The quantitative estimate of drug-likeness (QED) is 0.371. The Balaban J connectivity index is 1.18. The molecule has 0 saturated carbocycles. The Hall–Kier alpha value is -4.92. The van der Waals surface area contributed by atoms with Gasteiger partial charge in [0.1, 0.15) is 23.0 Å². The van der Waals surface area contributed by atoms with E-state index in [-0.39, 0.29) is 18.6 Å². The van der Waals surface area contributed by atoms with E-state index in [2.05, 4.69) is 5.32 Å². The SMILES string of the molecule is COc1cc(OC)cc(C(=O)Nc2cccc(-c3cc4c(o3)CCN(C(=O)c3ccc5c(c3)OCO5)C4)c2)c1. The highest BCUT2D eigenvalue weighted by atomic mass is 16.7. The number of amides is 2. The molecule has 3 aromatic carbocycles. The number of anilines is 1. The first-order valence-electron chi connectivity index (χ1n) is 12.5. The van der Waals surface area contributed by atoms with E-state index < -0.39 is 0 Å². The van der Waals surface area contributed by atoms with Crippen molar-refractivity contribution in [3.05, 3.63) is 89.2 Å². The first kappa shape index (κ1) is 24.4. The van der Waals surface area contributed by atoms with Crippen LogP contribution < -0.4 is 24.3 Å². The lowest BCUT2D eigenvalue weighted by molar-refractivity contribution is 0.0729. The molecule has 0 radical (unpaired) electrons. The molecule has 1 N–H and O–H groups in total. The Bertz CT molecular complexity index is 1550. The van der Waals surface area contributed by atoms with E-state index in [0.29, 0.717) is 65.1 Å². The summed E-state index contributed by atoms with van der Waals surface area (Å²) in [7, 11) is 3.07. The van der Waals surface area contributed by atoms with Gasteiger partial charge in [-0.05, 0) is 48.5 Å². The van der Waals surface area contributed by atoms with Gasteiger partial charge in [0.05, 0.1) is 14.2 Å². The van der Waals surface area contributed by atoms with Gasteiger partial charge in [0.2, 0.25) is 6.79 Å². The molecular formula is C30H26N2O7. The van der Waals surface area contributed by atoms with E-state index >= 15 is 0 Å². The summed E-state index contributed by atoms with van der Waals surface area (Å²) in [6.45, 7) is 1.16. The molecular weight excluding hydrogens is 500 g/mol. The molecule has 0 spiro atoms. The normalized spacial score (nSPS) is 13.5. The average molecular weight is 527 g/mol. The van der Waals surface area contributed by atoms with E-state index in [1.165, 1.54) is 14.2 Å². The van der Waals surface area contributed by atoms with Gasteiger partial charge in [-0.1, -0.05) is 12.1 Å². The monoisotopic (exact) mass is 526 g/mol. The number of furan rings is 1. The summed E-state index contributed by atoms with van der Waals surface area (Å²) in [4.78, 5) is 27.9. The molecule has 2 amide bonds. The van der Waals surface area contributed by atoms with Gasteiger partial charge in [0, 0.05) is 53.5 Å². The van der Waals surface area contributed by atoms with Gasteiger partial charge in [-0.2, -0.15) is 0 Å². The highest BCUT2D eigenvalue weighted by Gasteiger charge is 2.26. The van der Waals surface area contributed by atoms with Gasteiger partial charge in [-0.15, -0.1) is 0 Å². The maximum Gasteiger partial charge on any atom is 0.255 e. The zero-order chi connectivity index (χ0) is 26.9. The van der Waals surface area contributed by atoms with Gasteiger partial charge in [0.25, 0.3) is 11.8 Å². The zero-order valence-corrected chi connectivity index (χ0v) is 21.5. The van der Waals surface area contributed by atoms with Crippen molar-refractivity contribution in [2.24, 2.45) is 0 Å². The number of ether oxygens (including phenoxy) is 4. The molecule has 39 heavy (non-hydrogen) atoms. The van der Waals surface area contributed by atoms with Gasteiger partial charge >= 0.3 is 0 Å². The highest BCUT2D eigenvalue weighted by molar-refractivity contribution is 6.05. The fourth-order valence-corrected chi connectivity index (χ4v) is 4.75. The Morgan fingerprint density at radius 2 is 1.67 bits per heavy atom. The number of fused-ring (bicyclic) bond motifs is 2. The fraction of sp³-hybridized carbons (Fsp3) is 0.200. The van der Waals surface area contributed by atoms with Crippen LogP contribution in [0.1, 0.15) is 32.0 Å². The number of hydrogen-bond acceptors (Lipinski definition) is 7. The summed E-state index contributed by atoms with van der Waals surface area (Å²) in [6, 6.07) is 19.7. The standard InChI is InChI=1S/C30H26N2O7/c1-35-23-11-20(12-24(15-23)36-2)29(33)31-22-5-3-4-18(10-22)27-14-21-16-32(9-8-25(21)39-27)30(34)19-6-7-26-28(13-19)38-17-37-26/h3-7,10-15H,8-9,16-17H2,1-2H3,(H,31,33). The van der Waals surface area contributed by atoms with E-state index in [0.717, 1.165) is 16.9 Å². The van der Waals surface area contributed by atoms with Gasteiger partial charge in [0.15, 0.2) is 11.5 Å². The number of nitrogens with one attached hydrogen (secondary N) is 1. The molecule has 0 saturated heterocycles. The lowest BCUT2D eigenvalue weighted by atomic mass is 10.1. The molecule has 0 fully saturated rings. The molecule has 0 aliphatic carbocycles. The van der Waals surface area contributed by atoms with Crippen molar-refractivity contribution in [3.63, 3.8) is 0 Å². The number of carbonyl (C=O) groups is 2. The second kappa shape index (κ2) is 10.1. The van der Waals surface area contributed by atoms with Crippen molar-refractivity contribution in [2.75, 3.05) is 32.9 Å². The van der Waals surface area contributed by atoms with Gasteiger partial charge in [-0.25, -0.2) is 0 Å². The summed E-state index contributed by atoms with van der Waals surface area (Å²) in [5, 5.41) is 2.93. The molecule has 2 aliphatic rings. The average Bonchev–Trinajstić information content (AvgIpc) is 3.63. The van der Waals surface area contributed by atoms with Crippen molar-refractivity contribution in [3.8, 4) is 34.3 Å². The first-order valence-corrected chi connectivity index (χ1v) is 12.5. The van der Waals surface area contributed by atoms with Crippen LogP contribution in [0.15, 0.2) is 71.1 Å². The summed E-state index contributed by atoms with van der Waals surface area (Å²) >= 11 is 0. The van der Waals surface area contributed by atoms with Crippen molar-refractivity contribution < 1.29 is 33.0 Å². The van der Waals surface area contributed by atoms with Crippen LogP contribution in [0.5, 0.6) is 23.0 Å². The minimum absolute atomic E-state index is 0.0689. The lowest BCUT2D eigenvalue weighted by Crippen LogP contribution is -2.35. The second-order valence-corrected chi connectivity index (χ2v) is 9.24. The molecule has 1 aromatic heterocycles. The van der Waals surface area contributed by atoms with E-state index in [1.807, 2.05) is 30.3 Å². The third kappa shape index (κ3) is 4.86. The maximum atomic E-state index is 13.2. The second-order valence-electron chi connectivity index (χ2n) is 9.24. The number of rotatable bonds is 6. The molecule has 0 unspecified atom stereocenters. The molecule has 198 valence electrons. The van der Waals surface area contributed by atoms with Crippen LogP contribution in [0, 0.1) is 0 Å². The van der Waals surface area contributed by atoms with Crippen LogP contribution in [0.2, 0.25) is 0 Å². The molecule has 2 aliphatic heterocycles. The molecule has 0 atom stereocenters. The Labute approximate surface area is 224 Å². The predicted octanol–water partition coefficient (Wildman–Crippen LogP) is 5.14. The van der Waals surface area contributed by atoms with Gasteiger partial charge in [-0.3, -0.25) is 9.59 Å². The first-order chi connectivity index (χ1) is 19.0. The number of benzene rings is 3. The van der Waals surface area contributed by atoms with E-state index in [4.69, 9.17) is 23.4 Å². The van der Waals surface area contributed by atoms with Crippen molar-refractivity contribution in [1.82, 2.24) is 4.90 Å². The number of methoxy groups -OCH3 is 2. The molecule has 0 bridgehead atoms. The van der Waals surface area contributed by atoms with Crippen LogP contribution in [-0.2, 0) is 13.0 Å². The Kier molecular flexibility index (Phi) is 6.32. The lowest BCUT2D eigenvalue weighted by Gasteiger charge is -2.26. The maximum absolute atomic E-state index is 13.2. The summed E-state index contributed by atoms with van der Waals surface area (Å²) in [5.41, 5.74) is 3.37. The number of carbonyl (C=O) groups excluding carboxylic acids is 2. The Morgan fingerprint density at radius 3 is 2.46 bits per heavy atom. The van der Waals surface area contributed by atoms with Gasteiger partial charge < -0.3 is 33.6 Å². The van der Waals surface area contributed by atoms with Crippen LogP contribution in [0.3, 0.4) is 0 Å². The predicted molar refractivity (Wildman–Crippen MR) is 143 cm³/mol. The molecule has 9 nitrogen and oxygen atoms in total. The van der Waals surface area contributed by atoms with Crippen LogP contribution in [0.25, 0.3) is 11.3 Å². The summed E-state index contributed by atoms with van der Waals surface area (Å²) in [5.74, 6) is 3.46. The third-order valence-corrected chi connectivity index (χ3v) is 6.79. The summed E-state index contributed by atoms with van der Waals surface area (Å²) in [6.07, 6.45) is 0.611. The number of nitrogens with zero attached hydrogens (tertiary/aromatic N) is 1. The number of hydrogen-bond donors (Lipinski definition) is 1.